The van der Waals surface area contributed by atoms with Gasteiger partial charge in [0.15, 0.2) is 0 Å². The van der Waals surface area contributed by atoms with Crippen molar-refractivity contribution in [2.75, 3.05) is 32.7 Å². The van der Waals surface area contributed by atoms with Crippen LogP contribution in [0.5, 0.6) is 0 Å². The second-order valence-electron chi connectivity index (χ2n) is 6.34. The molecule has 3 heteroatoms. The first-order valence-corrected chi connectivity index (χ1v) is 8.10. The third-order valence-corrected chi connectivity index (χ3v) is 5.23. The van der Waals surface area contributed by atoms with E-state index in [1.807, 2.05) is 0 Å². The molecule has 0 radical (unpaired) electrons. The van der Waals surface area contributed by atoms with Gasteiger partial charge in [0, 0.05) is 31.2 Å². The van der Waals surface area contributed by atoms with E-state index in [1.165, 1.54) is 71.2 Å². The van der Waals surface area contributed by atoms with E-state index in [1.54, 1.807) is 0 Å². The Balaban J connectivity index is 1.69. The smallest absolute Gasteiger partial charge is 0.0267 e. The van der Waals surface area contributed by atoms with Gasteiger partial charge in [-0.3, -0.25) is 9.80 Å². The van der Waals surface area contributed by atoms with Crippen LogP contribution in [0.3, 0.4) is 0 Å². The molecule has 0 aromatic rings. The lowest BCUT2D eigenvalue weighted by Crippen LogP contribution is -2.51. The first-order valence-electron chi connectivity index (χ1n) is 8.10. The molecule has 3 saturated heterocycles. The minimum Gasteiger partial charge on any atom is -0.315 e. The lowest BCUT2D eigenvalue weighted by molar-refractivity contribution is 0.0864. The molecule has 18 heavy (non-hydrogen) atoms. The number of nitrogens with zero attached hydrogens (tertiary/aromatic N) is 2. The van der Waals surface area contributed by atoms with Crippen molar-refractivity contribution in [3.8, 4) is 0 Å². The molecule has 0 aromatic carbocycles. The third kappa shape index (κ3) is 2.45. The van der Waals surface area contributed by atoms with E-state index in [-0.39, 0.29) is 0 Å². The van der Waals surface area contributed by atoms with Crippen LogP contribution in [0.4, 0.5) is 0 Å². The van der Waals surface area contributed by atoms with Crippen LogP contribution in [0.2, 0.25) is 0 Å². The summed E-state index contributed by atoms with van der Waals surface area (Å²) in [4.78, 5) is 5.65. The number of hydrogen-bond donors (Lipinski definition) is 1. The average molecular weight is 251 g/mol. The summed E-state index contributed by atoms with van der Waals surface area (Å²) in [7, 11) is 0. The predicted molar refractivity (Wildman–Crippen MR) is 75.9 cm³/mol. The van der Waals surface area contributed by atoms with Gasteiger partial charge in [0.05, 0.1) is 0 Å². The standard InChI is InChI=1S/C15H29N3/c1-2-9-18(13-6-8-16-12-13)15-7-11-17-10-4-3-5-14(15)17/h13-16H,2-12H2,1H3. The molecule has 0 spiro atoms. The fourth-order valence-electron chi connectivity index (χ4n) is 4.41. The number of piperidine rings is 1. The molecule has 0 aliphatic carbocycles. The summed E-state index contributed by atoms with van der Waals surface area (Å²) >= 11 is 0. The SMILES string of the molecule is CCCN(C1CCNC1)C1CCN2CCCCC12. The van der Waals surface area contributed by atoms with Gasteiger partial charge in [-0.2, -0.15) is 0 Å². The lowest BCUT2D eigenvalue weighted by Gasteiger charge is -2.40. The summed E-state index contributed by atoms with van der Waals surface area (Å²) in [5, 5.41) is 3.55. The van der Waals surface area contributed by atoms with E-state index in [0.29, 0.717) is 0 Å². The van der Waals surface area contributed by atoms with Crippen molar-refractivity contribution in [3.63, 3.8) is 0 Å². The van der Waals surface area contributed by atoms with Gasteiger partial charge in [0.25, 0.3) is 0 Å². The van der Waals surface area contributed by atoms with E-state index < -0.39 is 0 Å². The molecular formula is C15H29N3. The Morgan fingerprint density at radius 1 is 1.17 bits per heavy atom. The molecule has 3 unspecified atom stereocenters. The van der Waals surface area contributed by atoms with E-state index >= 15 is 0 Å². The van der Waals surface area contributed by atoms with Crippen LogP contribution in [0, 0.1) is 0 Å². The van der Waals surface area contributed by atoms with Crippen molar-refractivity contribution in [2.24, 2.45) is 0 Å². The Hall–Kier alpha value is -0.120. The van der Waals surface area contributed by atoms with Crippen molar-refractivity contribution in [1.82, 2.24) is 15.1 Å². The van der Waals surface area contributed by atoms with Gasteiger partial charge in [-0.1, -0.05) is 13.3 Å². The third-order valence-electron chi connectivity index (χ3n) is 5.23. The summed E-state index contributed by atoms with van der Waals surface area (Å²) in [6.07, 6.45) is 8.43. The van der Waals surface area contributed by atoms with E-state index in [2.05, 4.69) is 22.0 Å². The molecule has 3 nitrogen and oxygen atoms in total. The molecule has 3 rings (SSSR count). The fraction of sp³-hybridized carbons (Fsp3) is 1.00. The van der Waals surface area contributed by atoms with Crippen molar-refractivity contribution >= 4 is 0 Å². The maximum atomic E-state index is 3.55. The summed E-state index contributed by atoms with van der Waals surface area (Å²) in [6.45, 7) is 8.82. The summed E-state index contributed by atoms with van der Waals surface area (Å²) in [6, 6.07) is 2.55. The van der Waals surface area contributed by atoms with Crippen LogP contribution in [0.1, 0.15) is 45.4 Å². The molecule has 3 atom stereocenters. The molecule has 104 valence electrons. The van der Waals surface area contributed by atoms with E-state index in [4.69, 9.17) is 0 Å². The second-order valence-corrected chi connectivity index (χ2v) is 6.34. The monoisotopic (exact) mass is 251 g/mol. The molecule has 3 heterocycles. The van der Waals surface area contributed by atoms with E-state index in [0.717, 1.165) is 18.1 Å². The van der Waals surface area contributed by atoms with Crippen molar-refractivity contribution in [1.29, 1.82) is 0 Å². The van der Waals surface area contributed by atoms with Crippen molar-refractivity contribution in [3.05, 3.63) is 0 Å². The van der Waals surface area contributed by atoms with Gasteiger partial charge in [-0.25, -0.2) is 0 Å². The highest BCUT2D eigenvalue weighted by atomic mass is 15.3. The quantitative estimate of drug-likeness (QED) is 0.820. The summed E-state index contributed by atoms with van der Waals surface area (Å²) < 4.78 is 0. The maximum absolute atomic E-state index is 3.55. The normalized spacial score (nSPS) is 37.3. The zero-order valence-corrected chi connectivity index (χ0v) is 11.9. The van der Waals surface area contributed by atoms with Gasteiger partial charge in [-0.05, 0) is 51.7 Å². The summed E-state index contributed by atoms with van der Waals surface area (Å²) in [5.74, 6) is 0. The largest absolute Gasteiger partial charge is 0.315 e. The molecule has 0 saturated carbocycles. The molecule has 0 aromatic heterocycles. The molecule has 0 bridgehead atoms. The zero-order valence-electron chi connectivity index (χ0n) is 11.9. The van der Waals surface area contributed by atoms with E-state index in [9.17, 15) is 0 Å². The first-order chi connectivity index (χ1) is 8.90. The first kappa shape index (κ1) is 12.9. The van der Waals surface area contributed by atoms with Gasteiger partial charge >= 0.3 is 0 Å². The Morgan fingerprint density at radius 3 is 2.89 bits per heavy atom. The number of nitrogens with one attached hydrogen (secondary N) is 1. The minimum absolute atomic E-state index is 0.817. The average Bonchev–Trinajstić information content (AvgIpc) is 3.06. The van der Waals surface area contributed by atoms with Crippen LogP contribution in [0.25, 0.3) is 0 Å². The molecule has 0 amide bonds. The number of hydrogen-bond acceptors (Lipinski definition) is 3. The zero-order chi connectivity index (χ0) is 12.4. The Morgan fingerprint density at radius 2 is 2.11 bits per heavy atom. The second kappa shape index (κ2) is 5.89. The Labute approximate surface area is 112 Å². The number of rotatable bonds is 4. The van der Waals surface area contributed by atoms with Crippen LogP contribution >= 0.6 is 0 Å². The fourth-order valence-corrected chi connectivity index (χ4v) is 4.41. The van der Waals surface area contributed by atoms with Crippen molar-refractivity contribution in [2.45, 2.75) is 63.6 Å². The van der Waals surface area contributed by atoms with Gasteiger partial charge in [0.2, 0.25) is 0 Å². The van der Waals surface area contributed by atoms with Crippen molar-refractivity contribution < 1.29 is 0 Å². The van der Waals surface area contributed by atoms with Gasteiger partial charge in [-0.15, -0.1) is 0 Å². The topological polar surface area (TPSA) is 18.5 Å². The minimum atomic E-state index is 0.817. The van der Waals surface area contributed by atoms with Crippen LogP contribution in [-0.2, 0) is 0 Å². The molecule has 3 aliphatic heterocycles. The van der Waals surface area contributed by atoms with Gasteiger partial charge in [0.1, 0.15) is 0 Å². The van der Waals surface area contributed by atoms with Crippen LogP contribution in [0.15, 0.2) is 0 Å². The van der Waals surface area contributed by atoms with Crippen LogP contribution < -0.4 is 5.32 Å². The van der Waals surface area contributed by atoms with Crippen LogP contribution in [-0.4, -0.2) is 60.6 Å². The Kier molecular flexibility index (Phi) is 4.22. The maximum Gasteiger partial charge on any atom is 0.0267 e. The molecule has 1 N–H and O–H groups in total. The lowest BCUT2D eigenvalue weighted by atomic mass is 9.96. The van der Waals surface area contributed by atoms with Gasteiger partial charge < -0.3 is 5.32 Å². The highest BCUT2D eigenvalue weighted by Gasteiger charge is 2.40. The number of fused-ring (bicyclic) bond motifs is 1. The highest BCUT2D eigenvalue weighted by molar-refractivity contribution is 4.98. The highest BCUT2D eigenvalue weighted by Crippen LogP contribution is 2.32. The molecule has 3 aliphatic rings. The predicted octanol–water partition coefficient (Wildman–Crippen LogP) is 1.69. The molecular weight excluding hydrogens is 222 g/mol. The molecule has 3 fully saturated rings. The summed E-state index contributed by atoms with van der Waals surface area (Å²) in [5.41, 5.74) is 0. The Bertz CT molecular complexity index is 262.